The number of anilines is 1. The average Bonchev–Trinajstić information content (AvgIpc) is 3.33. The molecule has 0 bridgehead atoms. The number of aromatic nitrogens is 4. The Morgan fingerprint density at radius 2 is 2.24 bits per heavy atom. The number of thiophene rings is 1. The topological polar surface area (TPSA) is 111 Å². The van der Waals surface area contributed by atoms with E-state index in [2.05, 4.69) is 20.4 Å². The zero-order chi connectivity index (χ0) is 17.6. The third-order valence-corrected chi connectivity index (χ3v) is 5.84. The molecule has 0 aliphatic rings. The molecular weight excluding hydrogens is 380 g/mol. The zero-order valence-corrected chi connectivity index (χ0v) is 15.9. The van der Waals surface area contributed by atoms with Crippen molar-refractivity contribution in [1.29, 1.82) is 0 Å². The van der Waals surface area contributed by atoms with Crippen LogP contribution in [0.5, 0.6) is 0 Å². The van der Waals surface area contributed by atoms with Gasteiger partial charge in [-0.05, 0) is 17.9 Å². The van der Waals surface area contributed by atoms with Crippen LogP contribution < -0.4 is 5.73 Å². The molecule has 0 radical (unpaired) electrons. The highest BCUT2D eigenvalue weighted by molar-refractivity contribution is 8.01. The first-order chi connectivity index (χ1) is 12.2. The van der Waals surface area contributed by atoms with Crippen LogP contribution in [-0.4, -0.2) is 43.5 Å². The number of hydrogen-bond donors (Lipinski definition) is 1. The van der Waals surface area contributed by atoms with Gasteiger partial charge in [-0.2, -0.15) is 0 Å². The molecule has 0 saturated heterocycles. The van der Waals surface area contributed by atoms with Crippen LogP contribution in [0, 0.1) is 0 Å². The van der Waals surface area contributed by atoms with Gasteiger partial charge in [-0.15, -0.1) is 31.7 Å². The molecule has 0 aromatic carbocycles. The fraction of sp³-hybridized carbons (Fsp3) is 0.357. The number of carbonyl (C=O) groups excluding carboxylic acids is 1. The molecule has 8 nitrogen and oxygen atoms in total. The van der Waals surface area contributed by atoms with Crippen LogP contribution in [0.15, 0.2) is 26.3 Å². The van der Waals surface area contributed by atoms with Crippen LogP contribution >= 0.6 is 34.4 Å². The second-order valence-corrected chi connectivity index (χ2v) is 8.17. The van der Waals surface area contributed by atoms with Gasteiger partial charge in [-0.25, -0.2) is 0 Å². The first kappa shape index (κ1) is 17.8. The van der Waals surface area contributed by atoms with Gasteiger partial charge in [0.2, 0.25) is 16.9 Å². The van der Waals surface area contributed by atoms with Gasteiger partial charge in [0.25, 0.3) is 5.89 Å². The second-order valence-electron chi connectivity index (χ2n) is 4.99. The molecule has 0 atom stereocenters. The van der Waals surface area contributed by atoms with Gasteiger partial charge in [0.1, 0.15) is 0 Å². The molecule has 3 heterocycles. The summed E-state index contributed by atoms with van der Waals surface area (Å²) >= 11 is 4.13. The molecule has 3 aromatic heterocycles. The van der Waals surface area contributed by atoms with Crippen molar-refractivity contribution in [2.45, 2.75) is 24.2 Å². The Balaban J connectivity index is 1.61. The lowest BCUT2D eigenvalue weighted by Gasteiger charge is -2.19. The number of carbonyl (C=O) groups is 1. The number of nitrogens with two attached hydrogens (primary N) is 1. The summed E-state index contributed by atoms with van der Waals surface area (Å²) in [4.78, 5) is 15.1. The fourth-order valence-corrected chi connectivity index (χ4v) is 4.22. The lowest BCUT2D eigenvalue weighted by atomic mass is 10.4. The standard InChI is InChI=1S/C14H16N6O2S3/c1-2-5-20(11(21)8-24-14-19-18-13(15)25-14)7-10-16-17-12(22-10)9-4-3-6-23-9/h3-4,6H,2,5,7-8H2,1H3,(H2,15,18). The van der Waals surface area contributed by atoms with E-state index in [1.165, 1.54) is 34.4 Å². The Morgan fingerprint density at radius 3 is 2.92 bits per heavy atom. The van der Waals surface area contributed by atoms with E-state index in [4.69, 9.17) is 10.2 Å². The molecule has 0 aliphatic heterocycles. The smallest absolute Gasteiger partial charge is 0.257 e. The quantitative estimate of drug-likeness (QED) is 0.579. The van der Waals surface area contributed by atoms with Crippen molar-refractivity contribution in [2.24, 2.45) is 0 Å². The Bertz CT molecular complexity index is 816. The van der Waals surface area contributed by atoms with Gasteiger partial charge in [0, 0.05) is 6.54 Å². The summed E-state index contributed by atoms with van der Waals surface area (Å²) in [7, 11) is 0. The number of hydrogen-bond acceptors (Lipinski definition) is 10. The molecule has 0 unspecified atom stereocenters. The number of amides is 1. The van der Waals surface area contributed by atoms with Crippen molar-refractivity contribution < 1.29 is 9.21 Å². The van der Waals surface area contributed by atoms with E-state index in [1.54, 1.807) is 4.90 Å². The molecule has 3 aromatic rings. The number of rotatable bonds is 8. The van der Waals surface area contributed by atoms with Crippen LogP contribution in [0.2, 0.25) is 0 Å². The molecule has 0 spiro atoms. The third-order valence-electron chi connectivity index (χ3n) is 3.11. The molecule has 11 heteroatoms. The maximum atomic E-state index is 12.5. The molecular formula is C14H16N6O2S3. The first-order valence-corrected chi connectivity index (χ1v) is 10.2. The fourth-order valence-electron chi connectivity index (χ4n) is 2.04. The molecule has 132 valence electrons. The summed E-state index contributed by atoms with van der Waals surface area (Å²) in [6.07, 6.45) is 0.841. The molecule has 25 heavy (non-hydrogen) atoms. The summed E-state index contributed by atoms with van der Waals surface area (Å²) < 4.78 is 6.35. The first-order valence-electron chi connectivity index (χ1n) is 7.51. The maximum absolute atomic E-state index is 12.5. The number of thioether (sulfide) groups is 1. The van der Waals surface area contributed by atoms with Crippen molar-refractivity contribution >= 4 is 45.5 Å². The highest BCUT2D eigenvalue weighted by atomic mass is 32.2. The minimum atomic E-state index is -0.0171. The molecule has 0 saturated carbocycles. The average molecular weight is 397 g/mol. The zero-order valence-electron chi connectivity index (χ0n) is 13.4. The molecule has 0 fully saturated rings. The van der Waals surface area contributed by atoms with Gasteiger partial charge >= 0.3 is 0 Å². The lowest BCUT2D eigenvalue weighted by molar-refractivity contribution is -0.129. The third kappa shape index (κ3) is 4.77. The van der Waals surface area contributed by atoms with Gasteiger partial charge < -0.3 is 15.1 Å². The monoisotopic (exact) mass is 396 g/mol. The van der Waals surface area contributed by atoms with Gasteiger partial charge in [0.05, 0.1) is 17.2 Å². The van der Waals surface area contributed by atoms with Crippen molar-refractivity contribution in [2.75, 3.05) is 18.0 Å². The maximum Gasteiger partial charge on any atom is 0.257 e. The van der Waals surface area contributed by atoms with Crippen molar-refractivity contribution in [3.05, 3.63) is 23.4 Å². The van der Waals surface area contributed by atoms with E-state index in [1.807, 2.05) is 24.4 Å². The van der Waals surface area contributed by atoms with Gasteiger partial charge in [-0.3, -0.25) is 4.79 Å². The molecule has 1 amide bonds. The number of nitrogen functional groups attached to an aromatic ring is 1. The Kier molecular flexibility index (Phi) is 6.00. The largest absolute Gasteiger partial charge is 0.418 e. The van der Waals surface area contributed by atoms with E-state index >= 15 is 0 Å². The van der Waals surface area contributed by atoms with Crippen molar-refractivity contribution in [3.8, 4) is 10.8 Å². The highest BCUT2D eigenvalue weighted by Crippen LogP contribution is 2.25. The van der Waals surface area contributed by atoms with Crippen molar-refractivity contribution in [3.63, 3.8) is 0 Å². The van der Waals surface area contributed by atoms with E-state index in [0.717, 1.165) is 11.3 Å². The van der Waals surface area contributed by atoms with Crippen LogP contribution in [0.1, 0.15) is 19.2 Å². The minimum absolute atomic E-state index is 0.0171. The summed E-state index contributed by atoms with van der Waals surface area (Å²) in [5, 5.41) is 18.1. The summed E-state index contributed by atoms with van der Waals surface area (Å²) in [5.41, 5.74) is 5.55. The summed E-state index contributed by atoms with van der Waals surface area (Å²) in [6.45, 7) is 2.93. The van der Waals surface area contributed by atoms with E-state index < -0.39 is 0 Å². The van der Waals surface area contributed by atoms with Crippen LogP contribution in [0.3, 0.4) is 0 Å². The Hall–Kier alpha value is -1.98. The van der Waals surface area contributed by atoms with Gasteiger partial charge in [-0.1, -0.05) is 36.1 Å². The molecule has 3 rings (SSSR count). The normalized spacial score (nSPS) is 10.9. The predicted molar refractivity (Wildman–Crippen MR) is 98.4 cm³/mol. The van der Waals surface area contributed by atoms with E-state index in [-0.39, 0.29) is 11.7 Å². The van der Waals surface area contributed by atoms with Crippen LogP contribution in [-0.2, 0) is 11.3 Å². The minimum Gasteiger partial charge on any atom is -0.418 e. The van der Waals surface area contributed by atoms with Crippen LogP contribution in [0.4, 0.5) is 5.13 Å². The highest BCUT2D eigenvalue weighted by Gasteiger charge is 2.18. The molecule has 2 N–H and O–H groups in total. The van der Waals surface area contributed by atoms with Gasteiger partial charge in [0.15, 0.2) is 4.34 Å². The Labute approximate surface area is 156 Å². The number of nitrogens with zero attached hydrogens (tertiary/aromatic N) is 5. The second kappa shape index (κ2) is 8.41. The van der Waals surface area contributed by atoms with E-state index in [0.29, 0.717) is 34.3 Å². The van der Waals surface area contributed by atoms with Crippen LogP contribution in [0.25, 0.3) is 10.8 Å². The molecule has 0 aliphatic carbocycles. The predicted octanol–water partition coefficient (Wildman–Crippen LogP) is 2.76. The summed E-state index contributed by atoms with van der Waals surface area (Å²) in [6, 6.07) is 3.84. The van der Waals surface area contributed by atoms with Crippen molar-refractivity contribution in [1.82, 2.24) is 25.3 Å². The SMILES string of the molecule is CCCN(Cc1nnc(-c2cccs2)o1)C(=O)CSc1nnc(N)s1. The lowest BCUT2D eigenvalue weighted by Crippen LogP contribution is -2.32. The Morgan fingerprint density at radius 1 is 1.36 bits per heavy atom. The van der Waals surface area contributed by atoms with E-state index in [9.17, 15) is 4.79 Å². The summed E-state index contributed by atoms with van der Waals surface area (Å²) in [5.74, 6) is 1.15.